The van der Waals surface area contributed by atoms with E-state index >= 15 is 0 Å². The molecule has 1 rings (SSSR count). The van der Waals surface area contributed by atoms with Crippen LogP contribution in [-0.4, -0.2) is 21.3 Å². The highest BCUT2D eigenvalue weighted by Crippen LogP contribution is 2.18. The Hall–Kier alpha value is -1.81. The second-order valence-electron chi connectivity index (χ2n) is 2.72. The third-order valence-corrected chi connectivity index (χ3v) is 1.69. The molecule has 4 heteroatoms. The molecule has 3 N–H and O–H groups in total. The van der Waals surface area contributed by atoms with Crippen molar-refractivity contribution in [2.24, 2.45) is 0 Å². The quantitative estimate of drug-likeness (QED) is 0.627. The van der Waals surface area contributed by atoms with Crippen LogP contribution < -0.4 is 0 Å². The van der Waals surface area contributed by atoms with Crippen molar-refractivity contribution in [3.63, 3.8) is 0 Å². The number of phenols is 1. The summed E-state index contributed by atoms with van der Waals surface area (Å²) < 4.78 is 0. The smallest absolute Gasteiger partial charge is 0.328 e. The summed E-state index contributed by atoms with van der Waals surface area (Å²) in [5.74, 6) is -1.04. The van der Waals surface area contributed by atoms with E-state index in [0.29, 0.717) is 11.1 Å². The summed E-state index contributed by atoms with van der Waals surface area (Å²) in [4.78, 5) is 10.2. The fourth-order valence-electron chi connectivity index (χ4n) is 1.00. The molecule has 4 nitrogen and oxygen atoms in total. The summed E-state index contributed by atoms with van der Waals surface area (Å²) >= 11 is 0. The van der Waals surface area contributed by atoms with Crippen molar-refractivity contribution >= 4 is 12.0 Å². The lowest BCUT2D eigenvalue weighted by Gasteiger charge is -2.01. The third-order valence-electron chi connectivity index (χ3n) is 1.69. The first-order chi connectivity index (χ1) is 6.63. The first kappa shape index (κ1) is 10.3. The minimum atomic E-state index is -1.04. The van der Waals surface area contributed by atoms with Gasteiger partial charge in [-0.15, -0.1) is 0 Å². The minimum Gasteiger partial charge on any atom is -0.508 e. The van der Waals surface area contributed by atoms with E-state index in [1.807, 2.05) is 0 Å². The van der Waals surface area contributed by atoms with Crippen LogP contribution in [-0.2, 0) is 11.4 Å². The molecule has 0 radical (unpaired) electrons. The Balaban J connectivity index is 2.95. The van der Waals surface area contributed by atoms with Crippen molar-refractivity contribution in [3.05, 3.63) is 35.4 Å². The lowest BCUT2D eigenvalue weighted by molar-refractivity contribution is -0.131. The van der Waals surface area contributed by atoms with Gasteiger partial charge in [0.1, 0.15) is 5.75 Å². The highest BCUT2D eigenvalue weighted by Gasteiger charge is 1.99. The SMILES string of the molecule is O=C(O)C=Cc1ccc(O)c(CO)c1. The standard InChI is InChI=1S/C10H10O4/c11-6-8-5-7(1-3-9(8)12)2-4-10(13)14/h1-5,11-12H,6H2,(H,13,14). The molecule has 1 aromatic carbocycles. The van der Waals surface area contributed by atoms with Gasteiger partial charge in [0, 0.05) is 11.6 Å². The van der Waals surface area contributed by atoms with Crippen molar-refractivity contribution in [3.8, 4) is 5.75 Å². The molecule has 0 spiro atoms. The van der Waals surface area contributed by atoms with E-state index in [-0.39, 0.29) is 12.4 Å². The Morgan fingerprint density at radius 1 is 1.43 bits per heavy atom. The predicted molar refractivity (Wildman–Crippen MR) is 50.7 cm³/mol. The van der Waals surface area contributed by atoms with Crippen LogP contribution in [0.25, 0.3) is 6.08 Å². The molecule has 0 heterocycles. The second-order valence-corrected chi connectivity index (χ2v) is 2.72. The number of carboxylic acid groups (broad SMARTS) is 1. The maximum atomic E-state index is 10.2. The monoisotopic (exact) mass is 194 g/mol. The van der Waals surface area contributed by atoms with Gasteiger partial charge in [0.25, 0.3) is 0 Å². The average Bonchev–Trinajstić information content (AvgIpc) is 2.16. The molecule has 74 valence electrons. The van der Waals surface area contributed by atoms with Gasteiger partial charge in [-0.05, 0) is 23.8 Å². The van der Waals surface area contributed by atoms with Gasteiger partial charge in [-0.1, -0.05) is 6.07 Å². The lowest BCUT2D eigenvalue weighted by Crippen LogP contribution is -1.88. The average molecular weight is 194 g/mol. The van der Waals surface area contributed by atoms with Gasteiger partial charge in [-0.25, -0.2) is 4.79 Å². The van der Waals surface area contributed by atoms with Crippen LogP contribution in [0.5, 0.6) is 5.75 Å². The molecule has 14 heavy (non-hydrogen) atoms. The molecule has 1 aromatic rings. The largest absolute Gasteiger partial charge is 0.508 e. The maximum Gasteiger partial charge on any atom is 0.328 e. The number of benzene rings is 1. The molecule has 0 amide bonds. The summed E-state index contributed by atoms with van der Waals surface area (Å²) in [6, 6.07) is 4.50. The number of aliphatic hydroxyl groups is 1. The molecule has 0 bridgehead atoms. The summed E-state index contributed by atoms with van der Waals surface area (Å²) in [6.07, 6.45) is 2.38. The Labute approximate surface area is 80.7 Å². The predicted octanol–water partition coefficient (Wildman–Crippen LogP) is 0.982. The van der Waals surface area contributed by atoms with Crippen LogP contribution in [0.15, 0.2) is 24.3 Å². The zero-order valence-electron chi connectivity index (χ0n) is 7.34. The van der Waals surface area contributed by atoms with Crippen LogP contribution in [0.3, 0.4) is 0 Å². The molecule has 0 fully saturated rings. The van der Waals surface area contributed by atoms with E-state index < -0.39 is 5.97 Å². The van der Waals surface area contributed by atoms with E-state index in [1.165, 1.54) is 18.2 Å². The number of aliphatic carboxylic acids is 1. The topological polar surface area (TPSA) is 77.8 Å². The maximum absolute atomic E-state index is 10.2. The van der Waals surface area contributed by atoms with Crippen LogP contribution in [0, 0.1) is 0 Å². The van der Waals surface area contributed by atoms with Gasteiger partial charge in [0.15, 0.2) is 0 Å². The Morgan fingerprint density at radius 3 is 2.71 bits per heavy atom. The highest BCUT2D eigenvalue weighted by atomic mass is 16.4. The summed E-state index contributed by atoms with van der Waals surface area (Å²) in [6.45, 7) is -0.277. The normalized spacial score (nSPS) is 10.6. The molecule has 0 saturated carbocycles. The van der Waals surface area contributed by atoms with E-state index in [1.54, 1.807) is 6.07 Å². The van der Waals surface area contributed by atoms with Gasteiger partial charge in [0.2, 0.25) is 0 Å². The zero-order valence-corrected chi connectivity index (χ0v) is 7.34. The Kier molecular flexibility index (Phi) is 3.25. The summed E-state index contributed by atoms with van der Waals surface area (Å²) in [5.41, 5.74) is 0.992. The first-order valence-electron chi connectivity index (χ1n) is 3.97. The van der Waals surface area contributed by atoms with Crippen molar-refractivity contribution in [2.45, 2.75) is 6.61 Å². The number of carboxylic acids is 1. The number of hydrogen-bond donors (Lipinski definition) is 3. The fourth-order valence-corrected chi connectivity index (χ4v) is 1.00. The van der Waals surface area contributed by atoms with Crippen molar-refractivity contribution in [1.82, 2.24) is 0 Å². The van der Waals surface area contributed by atoms with Crippen molar-refractivity contribution in [1.29, 1.82) is 0 Å². The molecule has 0 saturated heterocycles. The highest BCUT2D eigenvalue weighted by molar-refractivity contribution is 5.85. The molecule has 0 aliphatic carbocycles. The number of aliphatic hydroxyl groups excluding tert-OH is 1. The molecule has 0 aromatic heterocycles. The van der Waals surface area contributed by atoms with Crippen LogP contribution >= 0.6 is 0 Å². The molecular weight excluding hydrogens is 184 g/mol. The van der Waals surface area contributed by atoms with Crippen LogP contribution in [0.1, 0.15) is 11.1 Å². The second kappa shape index (κ2) is 4.43. The van der Waals surface area contributed by atoms with Gasteiger partial charge in [-0.2, -0.15) is 0 Å². The van der Waals surface area contributed by atoms with E-state index in [4.69, 9.17) is 10.2 Å². The number of carbonyl (C=O) groups is 1. The van der Waals surface area contributed by atoms with Gasteiger partial charge in [0.05, 0.1) is 6.61 Å². The molecule has 0 aliphatic heterocycles. The fraction of sp³-hybridized carbons (Fsp3) is 0.100. The number of hydrogen-bond acceptors (Lipinski definition) is 3. The van der Waals surface area contributed by atoms with Crippen molar-refractivity contribution in [2.75, 3.05) is 0 Å². The minimum absolute atomic E-state index is 0.0000231. The summed E-state index contributed by atoms with van der Waals surface area (Å²) in [7, 11) is 0. The molecular formula is C10H10O4. The third kappa shape index (κ3) is 2.60. The van der Waals surface area contributed by atoms with Gasteiger partial charge >= 0.3 is 5.97 Å². The van der Waals surface area contributed by atoms with Crippen molar-refractivity contribution < 1.29 is 20.1 Å². The number of aromatic hydroxyl groups is 1. The molecule has 0 aliphatic rings. The first-order valence-corrected chi connectivity index (χ1v) is 3.97. The lowest BCUT2D eigenvalue weighted by atomic mass is 10.1. The Bertz CT molecular complexity index is 368. The van der Waals surface area contributed by atoms with E-state index in [0.717, 1.165) is 6.08 Å². The van der Waals surface area contributed by atoms with Crippen LogP contribution in [0.2, 0.25) is 0 Å². The van der Waals surface area contributed by atoms with Gasteiger partial charge in [-0.3, -0.25) is 0 Å². The molecule has 0 unspecified atom stereocenters. The van der Waals surface area contributed by atoms with E-state index in [2.05, 4.69) is 0 Å². The molecule has 0 atom stereocenters. The summed E-state index contributed by atoms with van der Waals surface area (Å²) in [5, 5.41) is 26.4. The van der Waals surface area contributed by atoms with E-state index in [9.17, 15) is 9.90 Å². The Morgan fingerprint density at radius 2 is 2.14 bits per heavy atom. The van der Waals surface area contributed by atoms with Gasteiger partial charge < -0.3 is 15.3 Å². The zero-order chi connectivity index (χ0) is 10.6. The van der Waals surface area contributed by atoms with Crippen LogP contribution in [0.4, 0.5) is 0 Å². The number of rotatable bonds is 3.